The Labute approximate surface area is 133 Å². The van der Waals surface area contributed by atoms with Gasteiger partial charge in [-0.3, -0.25) is 9.59 Å². The van der Waals surface area contributed by atoms with Crippen molar-refractivity contribution in [2.45, 2.75) is 44.6 Å². The van der Waals surface area contributed by atoms with Gasteiger partial charge in [-0.2, -0.15) is 0 Å². The molecule has 114 valence electrons. The van der Waals surface area contributed by atoms with E-state index in [1.54, 1.807) is 0 Å². The Morgan fingerprint density at radius 2 is 1.81 bits per heavy atom. The van der Waals surface area contributed by atoms with E-state index in [0.29, 0.717) is 6.42 Å². The summed E-state index contributed by atoms with van der Waals surface area (Å²) in [6.07, 6.45) is 5.63. The normalized spacial score (nSPS) is 17.2. The standard InChI is InChI=1S/C16H21BrN2O2/c17-13-8-6-11(7-9-13)10-14(15(18)20)19-16(21)12-4-2-1-3-5-12/h6-9,12,14H,1-5,10H2,(H2,18,20)(H,19,21)/t14-/m1/s1. The second kappa shape index (κ2) is 7.59. The highest BCUT2D eigenvalue weighted by atomic mass is 79.9. The maximum absolute atomic E-state index is 12.2. The molecule has 0 saturated heterocycles. The van der Waals surface area contributed by atoms with E-state index in [1.165, 1.54) is 6.42 Å². The molecule has 1 saturated carbocycles. The fourth-order valence-corrected chi connectivity index (χ4v) is 3.00. The number of carbonyl (C=O) groups is 2. The number of benzene rings is 1. The minimum Gasteiger partial charge on any atom is -0.368 e. The molecule has 1 aliphatic carbocycles. The van der Waals surface area contributed by atoms with Gasteiger partial charge in [-0.1, -0.05) is 47.3 Å². The summed E-state index contributed by atoms with van der Waals surface area (Å²) in [4.78, 5) is 23.8. The average Bonchev–Trinajstić information content (AvgIpc) is 2.49. The number of carbonyl (C=O) groups excluding carboxylic acids is 2. The van der Waals surface area contributed by atoms with E-state index < -0.39 is 11.9 Å². The van der Waals surface area contributed by atoms with Crippen LogP contribution in [-0.4, -0.2) is 17.9 Å². The second-order valence-electron chi connectivity index (χ2n) is 5.63. The Hall–Kier alpha value is -1.36. The van der Waals surface area contributed by atoms with Crippen molar-refractivity contribution in [2.75, 3.05) is 0 Å². The number of halogens is 1. The van der Waals surface area contributed by atoms with Gasteiger partial charge in [0.1, 0.15) is 6.04 Å². The lowest BCUT2D eigenvalue weighted by atomic mass is 9.88. The number of rotatable bonds is 5. The van der Waals surface area contributed by atoms with Crippen LogP contribution < -0.4 is 11.1 Å². The largest absolute Gasteiger partial charge is 0.368 e. The van der Waals surface area contributed by atoms with Crippen molar-refractivity contribution in [2.24, 2.45) is 11.7 Å². The van der Waals surface area contributed by atoms with Crippen molar-refractivity contribution in [1.82, 2.24) is 5.32 Å². The summed E-state index contributed by atoms with van der Waals surface area (Å²) < 4.78 is 0.980. The third-order valence-corrected chi connectivity index (χ3v) is 4.52. The molecule has 5 heteroatoms. The number of nitrogens with one attached hydrogen (secondary N) is 1. The van der Waals surface area contributed by atoms with Crippen LogP contribution in [0, 0.1) is 5.92 Å². The second-order valence-corrected chi connectivity index (χ2v) is 6.54. The maximum atomic E-state index is 12.2. The van der Waals surface area contributed by atoms with Crippen LogP contribution in [0.5, 0.6) is 0 Å². The van der Waals surface area contributed by atoms with Gasteiger partial charge in [0.2, 0.25) is 11.8 Å². The van der Waals surface area contributed by atoms with E-state index in [-0.39, 0.29) is 11.8 Å². The molecule has 21 heavy (non-hydrogen) atoms. The summed E-state index contributed by atoms with van der Waals surface area (Å²) >= 11 is 3.37. The van der Waals surface area contributed by atoms with Gasteiger partial charge < -0.3 is 11.1 Å². The lowest BCUT2D eigenvalue weighted by Crippen LogP contribution is -2.48. The van der Waals surface area contributed by atoms with Crippen LogP contribution >= 0.6 is 15.9 Å². The van der Waals surface area contributed by atoms with Crippen molar-refractivity contribution in [3.8, 4) is 0 Å². The maximum Gasteiger partial charge on any atom is 0.240 e. The fourth-order valence-electron chi connectivity index (χ4n) is 2.73. The highest BCUT2D eigenvalue weighted by Gasteiger charge is 2.25. The molecule has 1 aromatic rings. The Morgan fingerprint density at radius 3 is 2.38 bits per heavy atom. The lowest BCUT2D eigenvalue weighted by Gasteiger charge is -2.23. The van der Waals surface area contributed by atoms with Crippen LogP contribution in [0.3, 0.4) is 0 Å². The number of hydrogen-bond acceptors (Lipinski definition) is 2. The molecule has 0 unspecified atom stereocenters. The molecule has 0 bridgehead atoms. The Kier molecular flexibility index (Phi) is 5.79. The first kappa shape index (κ1) is 16.0. The van der Waals surface area contributed by atoms with Gasteiger partial charge in [0.05, 0.1) is 0 Å². The number of amides is 2. The van der Waals surface area contributed by atoms with Gasteiger partial charge in [-0.25, -0.2) is 0 Å². The van der Waals surface area contributed by atoms with Gasteiger partial charge >= 0.3 is 0 Å². The zero-order valence-electron chi connectivity index (χ0n) is 12.0. The van der Waals surface area contributed by atoms with E-state index in [1.807, 2.05) is 24.3 Å². The number of nitrogens with two attached hydrogens (primary N) is 1. The highest BCUT2D eigenvalue weighted by molar-refractivity contribution is 9.10. The first-order valence-electron chi connectivity index (χ1n) is 7.40. The first-order chi connectivity index (χ1) is 10.1. The summed E-state index contributed by atoms with van der Waals surface area (Å²) in [5.74, 6) is -0.483. The van der Waals surface area contributed by atoms with Gasteiger partial charge in [-0.05, 0) is 30.5 Å². The Morgan fingerprint density at radius 1 is 1.19 bits per heavy atom. The monoisotopic (exact) mass is 352 g/mol. The summed E-state index contributed by atoms with van der Waals surface area (Å²) in [5, 5.41) is 2.82. The van der Waals surface area contributed by atoms with Crippen molar-refractivity contribution in [1.29, 1.82) is 0 Å². The smallest absolute Gasteiger partial charge is 0.240 e. The summed E-state index contributed by atoms with van der Waals surface area (Å²) in [5.41, 5.74) is 6.41. The van der Waals surface area contributed by atoms with E-state index in [0.717, 1.165) is 35.7 Å². The molecule has 4 nitrogen and oxygen atoms in total. The molecule has 2 amide bonds. The molecule has 0 radical (unpaired) electrons. The van der Waals surface area contributed by atoms with E-state index >= 15 is 0 Å². The Balaban J connectivity index is 1.96. The molecule has 1 aliphatic rings. The predicted octanol–water partition coefficient (Wildman–Crippen LogP) is 2.54. The van der Waals surface area contributed by atoms with Crippen LogP contribution in [-0.2, 0) is 16.0 Å². The molecular formula is C16H21BrN2O2. The van der Waals surface area contributed by atoms with Crippen LogP contribution in [0.15, 0.2) is 28.7 Å². The minimum atomic E-state index is -0.638. The summed E-state index contributed by atoms with van der Waals surface area (Å²) in [6.45, 7) is 0. The first-order valence-corrected chi connectivity index (χ1v) is 8.19. The van der Waals surface area contributed by atoms with Crippen LogP contribution in [0.2, 0.25) is 0 Å². The molecule has 3 N–H and O–H groups in total. The molecule has 1 atom stereocenters. The molecule has 1 aromatic carbocycles. The quantitative estimate of drug-likeness (QED) is 0.854. The molecule has 0 spiro atoms. The SMILES string of the molecule is NC(=O)[C@@H](Cc1ccc(Br)cc1)NC(=O)C1CCCCC1. The van der Waals surface area contributed by atoms with Crippen molar-refractivity contribution >= 4 is 27.7 Å². The van der Waals surface area contributed by atoms with E-state index in [2.05, 4.69) is 21.2 Å². The zero-order valence-corrected chi connectivity index (χ0v) is 13.6. The predicted molar refractivity (Wildman–Crippen MR) is 85.5 cm³/mol. The third-order valence-electron chi connectivity index (χ3n) is 3.99. The molecule has 2 rings (SSSR count). The third kappa shape index (κ3) is 4.84. The number of hydrogen-bond donors (Lipinski definition) is 2. The molecule has 1 fully saturated rings. The minimum absolute atomic E-state index is 0.0318. The zero-order chi connectivity index (χ0) is 15.2. The van der Waals surface area contributed by atoms with Crippen LogP contribution in [0.4, 0.5) is 0 Å². The van der Waals surface area contributed by atoms with Crippen molar-refractivity contribution < 1.29 is 9.59 Å². The van der Waals surface area contributed by atoms with Crippen LogP contribution in [0.25, 0.3) is 0 Å². The van der Waals surface area contributed by atoms with Gasteiger partial charge in [0.15, 0.2) is 0 Å². The fraction of sp³-hybridized carbons (Fsp3) is 0.500. The highest BCUT2D eigenvalue weighted by Crippen LogP contribution is 2.23. The average molecular weight is 353 g/mol. The van der Waals surface area contributed by atoms with Gasteiger partial charge in [0.25, 0.3) is 0 Å². The van der Waals surface area contributed by atoms with Gasteiger partial charge in [-0.15, -0.1) is 0 Å². The molecule has 0 heterocycles. The van der Waals surface area contributed by atoms with Crippen LogP contribution in [0.1, 0.15) is 37.7 Å². The van der Waals surface area contributed by atoms with E-state index in [9.17, 15) is 9.59 Å². The number of primary amides is 1. The Bertz CT molecular complexity index is 496. The van der Waals surface area contributed by atoms with Crippen molar-refractivity contribution in [3.05, 3.63) is 34.3 Å². The molecular weight excluding hydrogens is 332 g/mol. The van der Waals surface area contributed by atoms with Gasteiger partial charge in [0, 0.05) is 16.8 Å². The molecule has 0 aliphatic heterocycles. The van der Waals surface area contributed by atoms with Crippen molar-refractivity contribution in [3.63, 3.8) is 0 Å². The molecule has 0 aromatic heterocycles. The van der Waals surface area contributed by atoms with E-state index in [4.69, 9.17) is 5.73 Å². The lowest BCUT2D eigenvalue weighted by molar-refractivity contribution is -0.130. The summed E-state index contributed by atoms with van der Waals surface area (Å²) in [6, 6.07) is 7.03. The topological polar surface area (TPSA) is 72.2 Å². The summed E-state index contributed by atoms with van der Waals surface area (Å²) in [7, 11) is 0.